The predicted octanol–water partition coefficient (Wildman–Crippen LogP) is 3.41. The summed E-state index contributed by atoms with van der Waals surface area (Å²) in [6.07, 6.45) is 4.01. The first-order chi connectivity index (χ1) is 17.0. The monoisotopic (exact) mass is 476 g/mol. The van der Waals surface area contributed by atoms with E-state index in [1.54, 1.807) is 4.57 Å². The molecule has 4 rings (SSSR count). The molecule has 0 fully saturated rings. The summed E-state index contributed by atoms with van der Waals surface area (Å²) in [5.74, 6) is -1.15. The van der Waals surface area contributed by atoms with E-state index >= 15 is 0 Å². The van der Waals surface area contributed by atoms with Gasteiger partial charge in [-0.15, -0.1) is 0 Å². The first-order valence-corrected chi connectivity index (χ1v) is 11.6. The lowest BCUT2D eigenvalue weighted by molar-refractivity contribution is -0.121. The quantitative estimate of drug-likeness (QED) is 0.365. The largest absolute Gasteiger partial charge is 0.476 e. The second-order valence-corrected chi connectivity index (χ2v) is 8.36. The Morgan fingerprint density at radius 2 is 1.63 bits per heavy atom. The third kappa shape index (κ3) is 6.06. The molecule has 0 saturated carbocycles. The van der Waals surface area contributed by atoms with Gasteiger partial charge in [-0.1, -0.05) is 48.5 Å². The maximum Gasteiger partial charge on any atom is 0.407 e. The number of aromatic nitrogens is 2. The maximum absolute atomic E-state index is 12.2. The van der Waals surface area contributed by atoms with Crippen LogP contribution in [0.5, 0.6) is 0 Å². The fourth-order valence-corrected chi connectivity index (χ4v) is 4.26. The molecule has 3 N–H and O–H groups in total. The summed E-state index contributed by atoms with van der Waals surface area (Å²) in [4.78, 5) is 38.7. The Morgan fingerprint density at radius 1 is 0.943 bits per heavy atom. The highest BCUT2D eigenvalue weighted by atomic mass is 16.5. The van der Waals surface area contributed by atoms with Crippen molar-refractivity contribution in [2.75, 3.05) is 19.7 Å². The number of hydrogen-bond acceptors (Lipinski definition) is 5. The Morgan fingerprint density at radius 3 is 2.29 bits per heavy atom. The number of ether oxygens (including phenoxy) is 1. The minimum Gasteiger partial charge on any atom is -0.476 e. The number of nitrogens with one attached hydrogen (secondary N) is 2. The summed E-state index contributed by atoms with van der Waals surface area (Å²) in [7, 11) is 0. The van der Waals surface area contributed by atoms with Crippen molar-refractivity contribution in [3.8, 4) is 11.1 Å². The van der Waals surface area contributed by atoms with Crippen LogP contribution < -0.4 is 10.6 Å². The van der Waals surface area contributed by atoms with Gasteiger partial charge in [0, 0.05) is 38.2 Å². The Hall–Kier alpha value is -4.14. The molecule has 0 saturated heterocycles. The molecule has 1 aliphatic carbocycles. The van der Waals surface area contributed by atoms with E-state index in [-0.39, 0.29) is 24.1 Å². The van der Waals surface area contributed by atoms with Gasteiger partial charge in [0.15, 0.2) is 5.69 Å². The molecule has 0 spiro atoms. The smallest absolute Gasteiger partial charge is 0.407 e. The topological polar surface area (TPSA) is 123 Å². The second-order valence-electron chi connectivity index (χ2n) is 8.36. The van der Waals surface area contributed by atoms with Crippen LogP contribution in [-0.2, 0) is 16.1 Å². The molecule has 182 valence electrons. The third-order valence-electron chi connectivity index (χ3n) is 5.99. The molecule has 0 aliphatic heterocycles. The van der Waals surface area contributed by atoms with Crippen molar-refractivity contribution in [3.63, 3.8) is 0 Å². The van der Waals surface area contributed by atoms with Crippen LogP contribution >= 0.6 is 0 Å². The summed E-state index contributed by atoms with van der Waals surface area (Å²) in [6, 6.07) is 16.4. The van der Waals surface area contributed by atoms with Crippen LogP contribution in [0.2, 0.25) is 0 Å². The Labute approximate surface area is 203 Å². The van der Waals surface area contributed by atoms with Gasteiger partial charge in [-0.3, -0.25) is 4.79 Å². The minimum absolute atomic E-state index is 0.0230. The first kappa shape index (κ1) is 24.0. The number of fused-ring (bicyclic) bond motifs is 3. The summed E-state index contributed by atoms with van der Waals surface area (Å²) in [5.41, 5.74) is 4.68. The highest BCUT2D eigenvalue weighted by molar-refractivity contribution is 5.84. The van der Waals surface area contributed by atoms with E-state index in [4.69, 9.17) is 9.84 Å². The summed E-state index contributed by atoms with van der Waals surface area (Å²) in [6.45, 7) is 1.52. The fraction of sp³-hybridized carbons (Fsp3) is 0.308. The van der Waals surface area contributed by atoms with E-state index in [2.05, 4.69) is 39.9 Å². The van der Waals surface area contributed by atoms with Crippen molar-refractivity contribution >= 4 is 18.0 Å². The minimum atomic E-state index is -1.08. The predicted molar refractivity (Wildman–Crippen MR) is 129 cm³/mol. The second kappa shape index (κ2) is 11.3. The molecule has 2 amide bonds. The van der Waals surface area contributed by atoms with E-state index in [0.717, 1.165) is 0 Å². The standard InChI is InChI=1S/C26H28N4O5/c31-24(27-13-14-30-15-23(25(32)33)29-17-30)11-5-6-12-28-26(34)35-16-22-20-9-3-1-7-18(20)19-8-2-4-10-21(19)22/h1-4,7-10,15,17,22H,5-6,11-14,16H2,(H,27,31)(H,28,34)(H,32,33). The van der Waals surface area contributed by atoms with Crippen LogP contribution in [0.25, 0.3) is 11.1 Å². The maximum atomic E-state index is 12.2. The number of nitrogens with zero attached hydrogens (tertiary/aromatic N) is 2. The number of rotatable bonds is 11. The lowest BCUT2D eigenvalue weighted by Crippen LogP contribution is -2.28. The van der Waals surface area contributed by atoms with Gasteiger partial charge in [0.05, 0.1) is 6.33 Å². The molecule has 9 heteroatoms. The molecule has 0 unspecified atom stereocenters. The van der Waals surface area contributed by atoms with Crippen LogP contribution in [0.15, 0.2) is 61.1 Å². The third-order valence-corrected chi connectivity index (χ3v) is 5.99. The molecular formula is C26H28N4O5. The van der Waals surface area contributed by atoms with Gasteiger partial charge in [-0.05, 0) is 35.1 Å². The fourth-order valence-electron chi connectivity index (χ4n) is 4.26. The lowest BCUT2D eigenvalue weighted by atomic mass is 9.98. The van der Waals surface area contributed by atoms with E-state index in [9.17, 15) is 14.4 Å². The van der Waals surface area contributed by atoms with Crippen molar-refractivity contribution in [1.82, 2.24) is 20.2 Å². The van der Waals surface area contributed by atoms with Gasteiger partial charge in [0.25, 0.3) is 0 Å². The molecule has 0 bridgehead atoms. The molecule has 35 heavy (non-hydrogen) atoms. The highest BCUT2D eigenvalue weighted by Crippen LogP contribution is 2.44. The summed E-state index contributed by atoms with van der Waals surface area (Å²) in [5, 5.41) is 14.4. The molecule has 9 nitrogen and oxygen atoms in total. The summed E-state index contributed by atoms with van der Waals surface area (Å²) < 4.78 is 7.12. The number of imidazole rings is 1. The van der Waals surface area contributed by atoms with Gasteiger partial charge < -0.3 is 25.0 Å². The number of carbonyl (C=O) groups is 3. The number of carboxylic acid groups (broad SMARTS) is 1. The number of carboxylic acids is 1. The number of carbonyl (C=O) groups excluding carboxylic acids is 2. The average Bonchev–Trinajstić information content (AvgIpc) is 3.46. The number of aromatic carboxylic acids is 1. The zero-order valence-corrected chi connectivity index (χ0v) is 19.3. The van der Waals surface area contributed by atoms with Crippen molar-refractivity contribution in [2.45, 2.75) is 31.7 Å². The van der Waals surface area contributed by atoms with Crippen molar-refractivity contribution in [2.24, 2.45) is 0 Å². The molecule has 0 radical (unpaired) electrons. The summed E-state index contributed by atoms with van der Waals surface area (Å²) >= 11 is 0. The van der Waals surface area contributed by atoms with Crippen LogP contribution in [0, 0.1) is 0 Å². The van der Waals surface area contributed by atoms with Crippen LogP contribution in [0.4, 0.5) is 4.79 Å². The van der Waals surface area contributed by atoms with Crippen molar-refractivity contribution in [1.29, 1.82) is 0 Å². The van der Waals surface area contributed by atoms with Crippen LogP contribution in [-0.4, -0.2) is 52.3 Å². The van der Waals surface area contributed by atoms with E-state index in [1.807, 2.05) is 24.3 Å². The van der Waals surface area contributed by atoms with E-state index in [0.29, 0.717) is 38.9 Å². The van der Waals surface area contributed by atoms with Gasteiger partial charge in [0.1, 0.15) is 6.61 Å². The zero-order valence-electron chi connectivity index (χ0n) is 19.3. The number of unbranched alkanes of at least 4 members (excludes halogenated alkanes) is 1. The number of benzene rings is 2. The Bertz CT molecular complexity index is 1160. The molecule has 1 heterocycles. The molecular weight excluding hydrogens is 448 g/mol. The highest BCUT2D eigenvalue weighted by Gasteiger charge is 2.28. The van der Waals surface area contributed by atoms with Crippen molar-refractivity contribution < 1.29 is 24.2 Å². The van der Waals surface area contributed by atoms with Crippen LogP contribution in [0.1, 0.15) is 46.8 Å². The first-order valence-electron chi connectivity index (χ1n) is 11.6. The Kier molecular flexibility index (Phi) is 7.77. The van der Waals surface area contributed by atoms with Crippen molar-refractivity contribution in [3.05, 3.63) is 77.9 Å². The molecule has 3 aromatic rings. The molecule has 2 aromatic carbocycles. The van der Waals surface area contributed by atoms with E-state index < -0.39 is 12.1 Å². The molecule has 1 aliphatic rings. The average molecular weight is 477 g/mol. The van der Waals surface area contributed by atoms with Gasteiger partial charge >= 0.3 is 12.1 Å². The van der Waals surface area contributed by atoms with Gasteiger partial charge in [0.2, 0.25) is 5.91 Å². The van der Waals surface area contributed by atoms with Gasteiger partial charge in [-0.25, -0.2) is 14.6 Å². The van der Waals surface area contributed by atoms with Gasteiger partial charge in [-0.2, -0.15) is 0 Å². The molecule has 0 atom stereocenters. The van der Waals surface area contributed by atoms with Crippen LogP contribution in [0.3, 0.4) is 0 Å². The van der Waals surface area contributed by atoms with E-state index in [1.165, 1.54) is 34.8 Å². The molecule has 1 aromatic heterocycles. The Balaban J connectivity index is 1.10. The number of alkyl carbamates (subject to hydrolysis) is 1. The SMILES string of the molecule is O=C(CCCCNC(=O)OCC1c2ccccc2-c2ccccc21)NCCn1cnc(C(=O)O)c1. The normalized spacial score (nSPS) is 12.0. The lowest BCUT2D eigenvalue weighted by Gasteiger charge is -2.14. The zero-order chi connectivity index (χ0) is 24.6. The number of hydrogen-bond donors (Lipinski definition) is 3. The number of amides is 2.